The Morgan fingerprint density at radius 1 is 1.35 bits per heavy atom. The second-order valence-electron chi connectivity index (χ2n) is 3.43. The minimum atomic E-state index is -4.66. The van der Waals surface area contributed by atoms with Gasteiger partial charge in [0.05, 0.1) is 0 Å². The monoisotopic (exact) mass is 248 g/mol. The van der Waals surface area contributed by atoms with Crippen molar-refractivity contribution in [3.8, 4) is 0 Å². The number of hydrogen-bond acceptors (Lipinski definition) is 3. The van der Waals surface area contributed by atoms with Gasteiger partial charge < -0.3 is 4.79 Å². The molecule has 1 rings (SSSR count). The number of hydrogen-bond donors (Lipinski definition) is 0. The molecule has 0 radical (unpaired) electrons. The average molecular weight is 248 g/mol. The standard InChI is InChI=1S/C10H11F3N2O2/c11-10(12,13)8-4-5-14-15(9(8)17)6-2-1-3-7-16/h4-5,7H,1-3,6H2. The highest BCUT2D eigenvalue weighted by Crippen LogP contribution is 2.25. The Morgan fingerprint density at radius 2 is 2.06 bits per heavy atom. The van der Waals surface area contributed by atoms with Gasteiger partial charge in [-0.2, -0.15) is 18.3 Å². The summed E-state index contributed by atoms with van der Waals surface area (Å²) in [5.74, 6) is 0. The van der Waals surface area contributed by atoms with Crippen molar-refractivity contribution in [3.05, 3.63) is 28.2 Å². The van der Waals surface area contributed by atoms with E-state index in [9.17, 15) is 22.8 Å². The predicted octanol–water partition coefficient (Wildman–Crippen LogP) is 1.63. The largest absolute Gasteiger partial charge is 0.421 e. The Balaban J connectivity index is 2.81. The fourth-order valence-corrected chi connectivity index (χ4v) is 1.32. The van der Waals surface area contributed by atoms with Crippen LogP contribution in [0.5, 0.6) is 0 Å². The normalized spacial score (nSPS) is 11.5. The maximum absolute atomic E-state index is 12.4. The number of nitrogens with zero attached hydrogens (tertiary/aromatic N) is 2. The molecule has 0 spiro atoms. The van der Waals surface area contributed by atoms with Gasteiger partial charge in [-0.25, -0.2) is 4.68 Å². The van der Waals surface area contributed by atoms with Gasteiger partial charge in [-0.05, 0) is 18.9 Å². The van der Waals surface area contributed by atoms with E-state index in [1.54, 1.807) is 0 Å². The fourth-order valence-electron chi connectivity index (χ4n) is 1.32. The molecule has 1 heterocycles. The lowest BCUT2D eigenvalue weighted by atomic mass is 10.2. The van der Waals surface area contributed by atoms with Gasteiger partial charge in [0.2, 0.25) is 0 Å². The number of aromatic nitrogens is 2. The maximum atomic E-state index is 12.4. The highest BCUT2D eigenvalue weighted by Gasteiger charge is 2.34. The minimum absolute atomic E-state index is 0.0800. The third kappa shape index (κ3) is 3.69. The predicted molar refractivity (Wildman–Crippen MR) is 53.4 cm³/mol. The lowest BCUT2D eigenvalue weighted by Crippen LogP contribution is -2.30. The van der Waals surface area contributed by atoms with Crippen molar-refractivity contribution in [1.82, 2.24) is 9.78 Å². The van der Waals surface area contributed by atoms with Gasteiger partial charge in [0.15, 0.2) is 0 Å². The molecule has 7 heteroatoms. The van der Waals surface area contributed by atoms with Crippen LogP contribution in [-0.2, 0) is 17.5 Å². The van der Waals surface area contributed by atoms with Gasteiger partial charge in [0.25, 0.3) is 5.56 Å². The molecule has 0 fully saturated rings. The van der Waals surface area contributed by atoms with Crippen molar-refractivity contribution in [2.24, 2.45) is 0 Å². The highest BCUT2D eigenvalue weighted by molar-refractivity contribution is 5.48. The van der Waals surface area contributed by atoms with E-state index < -0.39 is 17.3 Å². The van der Waals surface area contributed by atoms with Crippen LogP contribution in [0.3, 0.4) is 0 Å². The third-order valence-electron chi connectivity index (χ3n) is 2.16. The van der Waals surface area contributed by atoms with Crippen LogP contribution in [0.25, 0.3) is 0 Å². The molecule has 0 unspecified atom stereocenters. The summed E-state index contributed by atoms with van der Waals surface area (Å²) in [7, 11) is 0. The third-order valence-corrected chi connectivity index (χ3v) is 2.16. The Hall–Kier alpha value is -1.66. The summed E-state index contributed by atoms with van der Waals surface area (Å²) in [4.78, 5) is 21.4. The van der Waals surface area contributed by atoms with Crippen LogP contribution in [0.1, 0.15) is 24.8 Å². The molecule has 0 aliphatic carbocycles. The summed E-state index contributed by atoms with van der Waals surface area (Å²) in [6.07, 6.45) is -1.70. The molecule has 0 N–H and O–H groups in total. The van der Waals surface area contributed by atoms with E-state index in [4.69, 9.17) is 0 Å². The quantitative estimate of drug-likeness (QED) is 0.588. The summed E-state index contributed by atoms with van der Waals surface area (Å²) in [5, 5.41) is 3.57. The first-order valence-corrected chi connectivity index (χ1v) is 5.04. The van der Waals surface area contributed by atoms with Crippen LogP contribution in [-0.4, -0.2) is 16.1 Å². The van der Waals surface area contributed by atoms with Crippen LogP contribution in [0.2, 0.25) is 0 Å². The van der Waals surface area contributed by atoms with Crippen LogP contribution in [0.15, 0.2) is 17.1 Å². The van der Waals surface area contributed by atoms with Crippen LogP contribution >= 0.6 is 0 Å². The zero-order chi connectivity index (χ0) is 12.9. The molecule has 0 aliphatic heterocycles. The number of rotatable bonds is 5. The SMILES string of the molecule is O=CCCCCn1nccc(C(F)(F)F)c1=O. The Morgan fingerprint density at radius 3 is 2.65 bits per heavy atom. The number of aldehydes is 1. The Labute approximate surface area is 95.1 Å². The topological polar surface area (TPSA) is 52.0 Å². The van der Waals surface area contributed by atoms with E-state index >= 15 is 0 Å². The molecule has 0 bridgehead atoms. The molecule has 1 aromatic rings. The van der Waals surface area contributed by atoms with Crippen molar-refractivity contribution >= 4 is 6.29 Å². The van der Waals surface area contributed by atoms with Crippen molar-refractivity contribution in [1.29, 1.82) is 0 Å². The molecule has 0 aromatic carbocycles. The van der Waals surface area contributed by atoms with Crippen LogP contribution in [0.4, 0.5) is 13.2 Å². The van der Waals surface area contributed by atoms with Gasteiger partial charge in [0.1, 0.15) is 11.8 Å². The average Bonchev–Trinajstić information content (AvgIpc) is 2.25. The number of aryl methyl sites for hydroxylation is 1. The summed E-state index contributed by atoms with van der Waals surface area (Å²) in [5.41, 5.74) is -2.37. The summed E-state index contributed by atoms with van der Waals surface area (Å²) in [6, 6.07) is 0.657. The van der Waals surface area contributed by atoms with E-state index in [2.05, 4.69) is 5.10 Å². The number of halogens is 3. The summed E-state index contributed by atoms with van der Waals surface area (Å²) < 4.78 is 37.9. The van der Waals surface area contributed by atoms with Gasteiger partial charge in [-0.1, -0.05) is 0 Å². The van der Waals surface area contributed by atoms with E-state index in [-0.39, 0.29) is 6.54 Å². The molecule has 1 aromatic heterocycles. The number of unbranched alkanes of at least 4 members (excludes halogenated alkanes) is 2. The van der Waals surface area contributed by atoms with E-state index in [0.29, 0.717) is 25.3 Å². The first kappa shape index (κ1) is 13.4. The fraction of sp³-hybridized carbons (Fsp3) is 0.500. The van der Waals surface area contributed by atoms with Crippen molar-refractivity contribution < 1.29 is 18.0 Å². The van der Waals surface area contributed by atoms with Gasteiger partial charge in [-0.3, -0.25) is 4.79 Å². The molecule has 0 saturated heterocycles. The number of carbonyl (C=O) groups excluding carboxylic acids is 1. The molecule has 0 amide bonds. The molecule has 0 saturated carbocycles. The zero-order valence-electron chi connectivity index (χ0n) is 8.91. The minimum Gasteiger partial charge on any atom is -0.303 e. The first-order valence-electron chi connectivity index (χ1n) is 5.04. The molecule has 17 heavy (non-hydrogen) atoms. The zero-order valence-corrected chi connectivity index (χ0v) is 8.91. The smallest absolute Gasteiger partial charge is 0.303 e. The van der Waals surface area contributed by atoms with Crippen LogP contribution in [0, 0.1) is 0 Å². The first-order chi connectivity index (χ1) is 7.96. The lowest BCUT2D eigenvalue weighted by Gasteiger charge is -2.08. The molecular weight excluding hydrogens is 237 g/mol. The Kier molecular flexibility index (Phi) is 4.42. The van der Waals surface area contributed by atoms with Gasteiger partial charge >= 0.3 is 6.18 Å². The molecule has 4 nitrogen and oxygen atoms in total. The van der Waals surface area contributed by atoms with Crippen LogP contribution < -0.4 is 5.56 Å². The summed E-state index contributed by atoms with van der Waals surface area (Å²) >= 11 is 0. The summed E-state index contributed by atoms with van der Waals surface area (Å²) in [6.45, 7) is 0.0800. The second kappa shape index (κ2) is 5.60. The molecule has 0 aliphatic rings. The van der Waals surface area contributed by atoms with Crippen molar-refractivity contribution in [2.45, 2.75) is 32.0 Å². The van der Waals surface area contributed by atoms with Gasteiger partial charge in [-0.15, -0.1) is 0 Å². The maximum Gasteiger partial charge on any atom is 0.421 e. The Bertz CT molecular complexity index is 440. The second-order valence-corrected chi connectivity index (χ2v) is 3.43. The van der Waals surface area contributed by atoms with Gasteiger partial charge in [0, 0.05) is 19.2 Å². The lowest BCUT2D eigenvalue weighted by molar-refractivity contribution is -0.139. The number of alkyl halides is 3. The molecular formula is C10H11F3N2O2. The molecule has 94 valence electrons. The van der Waals surface area contributed by atoms with E-state index in [1.165, 1.54) is 0 Å². The molecule has 0 atom stereocenters. The van der Waals surface area contributed by atoms with E-state index in [1.807, 2.05) is 0 Å². The van der Waals surface area contributed by atoms with Crippen molar-refractivity contribution in [2.75, 3.05) is 0 Å². The van der Waals surface area contributed by atoms with E-state index in [0.717, 1.165) is 17.2 Å². The van der Waals surface area contributed by atoms with Crippen molar-refractivity contribution in [3.63, 3.8) is 0 Å². The highest BCUT2D eigenvalue weighted by atomic mass is 19.4. The number of carbonyl (C=O) groups is 1.